The predicted molar refractivity (Wildman–Crippen MR) is 104 cm³/mol. The molecule has 1 aromatic rings. The van der Waals surface area contributed by atoms with E-state index in [2.05, 4.69) is 21.2 Å². The van der Waals surface area contributed by atoms with Crippen molar-refractivity contribution in [3.8, 4) is 5.75 Å². The molecular weight excluding hydrogens is 346 g/mol. The minimum Gasteiger partial charge on any atom is -0.497 e. The number of hydrogen-bond donors (Lipinski definition) is 2. The van der Waals surface area contributed by atoms with Gasteiger partial charge in [-0.15, -0.1) is 0 Å². The zero-order valence-electron chi connectivity index (χ0n) is 16.5. The SMILES string of the molecule is CNC(=O)[C@@]1(C)CN(CC2(O)CCN(c3cccc(OC)c3)CC2)CCO1. The molecule has 2 aliphatic heterocycles. The number of aliphatic hydroxyl groups is 1. The Morgan fingerprint density at radius 1 is 1.33 bits per heavy atom. The molecule has 2 fully saturated rings. The maximum atomic E-state index is 12.1. The third-order valence-electron chi connectivity index (χ3n) is 5.69. The van der Waals surface area contributed by atoms with Gasteiger partial charge in [0, 0.05) is 51.5 Å². The molecule has 2 aliphatic rings. The van der Waals surface area contributed by atoms with Crippen LogP contribution in [0.15, 0.2) is 24.3 Å². The average Bonchev–Trinajstić information content (AvgIpc) is 2.67. The minimum absolute atomic E-state index is 0.118. The van der Waals surface area contributed by atoms with Crippen molar-refractivity contribution in [3.05, 3.63) is 24.3 Å². The Bertz CT molecular complexity index is 660. The molecule has 0 aromatic heterocycles. The third-order valence-corrected chi connectivity index (χ3v) is 5.69. The maximum absolute atomic E-state index is 12.1. The first kappa shape index (κ1) is 19.9. The van der Waals surface area contributed by atoms with Crippen molar-refractivity contribution in [1.82, 2.24) is 10.2 Å². The van der Waals surface area contributed by atoms with Gasteiger partial charge in [0.15, 0.2) is 5.60 Å². The van der Waals surface area contributed by atoms with Crippen molar-refractivity contribution in [2.75, 3.05) is 58.4 Å². The highest BCUT2D eigenvalue weighted by Gasteiger charge is 2.42. The number of morpholine rings is 1. The molecule has 0 unspecified atom stereocenters. The Labute approximate surface area is 161 Å². The van der Waals surface area contributed by atoms with Gasteiger partial charge in [-0.25, -0.2) is 0 Å². The fourth-order valence-electron chi connectivity index (χ4n) is 4.05. The van der Waals surface area contributed by atoms with Crippen molar-refractivity contribution >= 4 is 11.6 Å². The Kier molecular flexibility index (Phi) is 5.93. The minimum atomic E-state index is -0.856. The Balaban J connectivity index is 1.58. The van der Waals surface area contributed by atoms with Crippen LogP contribution in [0.2, 0.25) is 0 Å². The van der Waals surface area contributed by atoms with E-state index < -0.39 is 11.2 Å². The van der Waals surface area contributed by atoms with E-state index in [1.54, 1.807) is 14.2 Å². The van der Waals surface area contributed by atoms with Gasteiger partial charge in [-0.3, -0.25) is 9.69 Å². The number of carbonyl (C=O) groups excluding carboxylic acids is 1. The fourth-order valence-corrected chi connectivity index (χ4v) is 4.05. The predicted octanol–water partition coefficient (Wildman–Crippen LogP) is 0.863. The van der Waals surface area contributed by atoms with E-state index in [-0.39, 0.29) is 5.91 Å². The number of nitrogens with zero attached hydrogens (tertiary/aromatic N) is 2. The molecule has 7 heteroatoms. The zero-order valence-corrected chi connectivity index (χ0v) is 16.5. The van der Waals surface area contributed by atoms with Crippen LogP contribution in [0.5, 0.6) is 5.75 Å². The van der Waals surface area contributed by atoms with Gasteiger partial charge >= 0.3 is 0 Å². The van der Waals surface area contributed by atoms with E-state index in [0.29, 0.717) is 32.5 Å². The number of methoxy groups -OCH3 is 1. The summed E-state index contributed by atoms with van der Waals surface area (Å²) >= 11 is 0. The van der Waals surface area contributed by atoms with Crippen molar-refractivity contribution in [1.29, 1.82) is 0 Å². The van der Waals surface area contributed by atoms with Gasteiger partial charge < -0.3 is 24.8 Å². The summed E-state index contributed by atoms with van der Waals surface area (Å²) in [5.41, 5.74) is -0.476. The van der Waals surface area contributed by atoms with Crippen LogP contribution in [0, 0.1) is 0 Å². The molecule has 0 bridgehead atoms. The molecule has 0 radical (unpaired) electrons. The summed E-state index contributed by atoms with van der Waals surface area (Å²) in [5, 5.41) is 13.8. The van der Waals surface area contributed by atoms with Gasteiger partial charge in [-0.05, 0) is 31.9 Å². The lowest BCUT2D eigenvalue weighted by Gasteiger charge is -2.45. The fraction of sp³-hybridized carbons (Fsp3) is 0.650. The molecular formula is C20H31N3O4. The summed E-state index contributed by atoms with van der Waals surface area (Å²) in [4.78, 5) is 16.6. The molecule has 1 amide bonds. The van der Waals surface area contributed by atoms with E-state index in [4.69, 9.17) is 9.47 Å². The van der Waals surface area contributed by atoms with Crippen molar-refractivity contribution < 1.29 is 19.4 Å². The molecule has 2 N–H and O–H groups in total. The van der Waals surface area contributed by atoms with Crippen LogP contribution in [0.4, 0.5) is 5.69 Å². The molecule has 1 aromatic carbocycles. The van der Waals surface area contributed by atoms with E-state index >= 15 is 0 Å². The van der Waals surface area contributed by atoms with Crippen LogP contribution in [-0.2, 0) is 9.53 Å². The summed E-state index contributed by atoms with van der Waals surface area (Å²) < 4.78 is 11.0. The number of nitrogens with one attached hydrogen (secondary N) is 1. The van der Waals surface area contributed by atoms with E-state index in [1.165, 1.54) is 0 Å². The molecule has 0 spiro atoms. The summed E-state index contributed by atoms with van der Waals surface area (Å²) in [5.74, 6) is 0.724. The van der Waals surface area contributed by atoms with E-state index in [1.807, 2.05) is 25.1 Å². The van der Waals surface area contributed by atoms with E-state index in [0.717, 1.165) is 31.1 Å². The van der Waals surface area contributed by atoms with Gasteiger partial charge in [0.1, 0.15) is 5.75 Å². The monoisotopic (exact) mass is 377 g/mol. The first-order chi connectivity index (χ1) is 12.9. The zero-order chi connectivity index (χ0) is 19.5. The molecule has 1 atom stereocenters. The Morgan fingerprint density at radius 3 is 2.74 bits per heavy atom. The smallest absolute Gasteiger partial charge is 0.253 e. The number of piperidine rings is 1. The second kappa shape index (κ2) is 8.04. The maximum Gasteiger partial charge on any atom is 0.253 e. The standard InChI is InChI=1S/C20H31N3O4/c1-19(18(24)21-2)14-22(11-12-27-19)15-20(25)7-9-23(10-8-20)16-5-4-6-17(13-16)26-3/h4-6,13,25H,7-12,14-15H2,1-3H3,(H,21,24)/t19-/m1/s1. The van der Waals surface area contributed by atoms with Crippen molar-refractivity contribution in [2.24, 2.45) is 0 Å². The molecule has 0 saturated carbocycles. The number of amides is 1. The molecule has 2 saturated heterocycles. The summed E-state index contributed by atoms with van der Waals surface area (Å²) in [6, 6.07) is 8.03. The molecule has 7 nitrogen and oxygen atoms in total. The third kappa shape index (κ3) is 4.54. The van der Waals surface area contributed by atoms with Crippen LogP contribution >= 0.6 is 0 Å². The van der Waals surface area contributed by atoms with Crippen LogP contribution in [-0.4, -0.2) is 80.6 Å². The van der Waals surface area contributed by atoms with Crippen molar-refractivity contribution in [2.45, 2.75) is 31.0 Å². The number of carbonyl (C=O) groups is 1. The normalized spacial score (nSPS) is 25.9. The second-order valence-corrected chi connectivity index (χ2v) is 7.78. The van der Waals surface area contributed by atoms with Crippen LogP contribution in [0.3, 0.4) is 0 Å². The summed E-state index contributed by atoms with van der Waals surface area (Å²) in [6.07, 6.45) is 1.39. The molecule has 0 aliphatic carbocycles. The quantitative estimate of drug-likeness (QED) is 0.793. The largest absolute Gasteiger partial charge is 0.497 e. The number of likely N-dealkylation sites (N-methyl/N-ethyl adjacent to an activating group) is 1. The topological polar surface area (TPSA) is 74.3 Å². The van der Waals surface area contributed by atoms with Gasteiger partial charge in [0.25, 0.3) is 5.91 Å². The first-order valence-corrected chi connectivity index (χ1v) is 9.57. The molecule has 150 valence electrons. The molecule has 2 heterocycles. The Hall–Kier alpha value is -1.83. The first-order valence-electron chi connectivity index (χ1n) is 9.57. The van der Waals surface area contributed by atoms with Gasteiger partial charge in [-0.2, -0.15) is 0 Å². The van der Waals surface area contributed by atoms with Gasteiger partial charge in [0.05, 0.1) is 19.3 Å². The highest BCUT2D eigenvalue weighted by molar-refractivity contribution is 5.84. The second-order valence-electron chi connectivity index (χ2n) is 7.78. The highest BCUT2D eigenvalue weighted by Crippen LogP contribution is 2.30. The number of anilines is 1. The number of benzene rings is 1. The van der Waals surface area contributed by atoms with Crippen LogP contribution < -0.4 is 15.0 Å². The number of rotatable bonds is 5. The lowest BCUT2D eigenvalue weighted by molar-refractivity contribution is -0.159. The van der Waals surface area contributed by atoms with E-state index in [9.17, 15) is 9.90 Å². The lowest BCUT2D eigenvalue weighted by atomic mass is 9.89. The number of β-amino-alcohol motifs (C(OH)–C–C–N with tert-alkyl or cyclic N) is 1. The van der Waals surface area contributed by atoms with Gasteiger partial charge in [0.2, 0.25) is 0 Å². The lowest BCUT2D eigenvalue weighted by Crippen LogP contribution is -2.61. The average molecular weight is 377 g/mol. The Morgan fingerprint density at radius 2 is 2.07 bits per heavy atom. The highest BCUT2D eigenvalue weighted by atomic mass is 16.5. The number of ether oxygens (including phenoxy) is 2. The molecule has 3 rings (SSSR count). The van der Waals surface area contributed by atoms with Crippen LogP contribution in [0.25, 0.3) is 0 Å². The summed E-state index contributed by atoms with van der Waals surface area (Å²) in [7, 11) is 3.29. The summed E-state index contributed by atoms with van der Waals surface area (Å²) in [6.45, 7) is 5.68. The van der Waals surface area contributed by atoms with Crippen molar-refractivity contribution in [3.63, 3.8) is 0 Å². The van der Waals surface area contributed by atoms with Gasteiger partial charge in [-0.1, -0.05) is 6.07 Å². The number of hydrogen-bond acceptors (Lipinski definition) is 6. The van der Waals surface area contributed by atoms with Crippen LogP contribution in [0.1, 0.15) is 19.8 Å². The molecule has 27 heavy (non-hydrogen) atoms.